The standard InChI is InChI=1S/C17H17NO5S/c1-11-6-12(2)8-13(7-11)22-10-16(20)23-9-15(19)18-17(21)14-4-3-5-24-14/h3-8H,9-10H2,1-2H3,(H,18,19,21). The van der Waals surface area contributed by atoms with Crippen molar-refractivity contribution in [1.82, 2.24) is 5.32 Å². The minimum atomic E-state index is -0.687. The smallest absolute Gasteiger partial charge is 0.344 e. The number of esters is 1. The summed E-state index contributed by atoms with van der Waals surface area (Å²) in [5.74, 6) is -1.33. The van der Waals surface area contributed by atoms with E-state index < -0.39 is 24.4 Å². The molecular weight excluding hydrogens is 330 g/mol. The number of benzene rings is 1. The summed E-state index contributed by atoms with van der Waals surface area (Å²) < 4.78 is 10.1. The zero-order valence-electron chi connectivity index (χ0n) is 13.3. The summed E-state index contributed by atoms with van der Waals surface area (Å²) in [4.78, 5) is 35.2. The lowest BCUT2D eigenvalue weighted by Crippen LogP contribution is -2.34. The molecule has 2 amide bonds. The number of nitrogens with one attached hydrogen (secondary N) is 1. The Morgan fingerprint density at radius 2 is 1.79 bits per heavy atom. The van der Waals surface area contributed by atoms with Crippen LogP contribution in [0.2, 0.25) is 0 Å². The zero-order valence-corrected chi connectivity index (χ0v) is 14.1. The Morgan fingerprint density at radius 3 is 2.42 bits per heavy atom. The molecule has 1 aromatic heterocycles. The molecule has 1 heterocycles. The first kappa shape index (κ1) is 17.7. The Morgan fingerprint density at radius 1 is 1.08 bits per heavy atom. The summed E-state index contributed by atoms with van der Waals surface area (Å²) in [5, 5.41) is 3.87. The van der Waals surface area contributed by atoms with Gasteiger partial charge in [0.15, 0.2) is 13.2 Å². The summed E-state index contributed by atoms with van der Waals surface area (Å²) in [6.45, 7) is 3.00. The second-order valence-electron chi connectivity index (χ2n) is 5.13. The highest BCUT2D eigenvalue weighted by atomic mass is 32.1. The van der Waals surface area contributed by atoms with E-state index in [1.165, 1.54) is 11.3 Å². The first-order valence-corrected chi connectivity index (χ1v) is 8.06. The second-order valence-corrected chi connectivity index (χ2v) is 6.08. The third-order valence-electron chi connectivity index (χ3n) is 2.91. The predicted octanol–water partition coefficient (Wildman–Crippen LogP) is 2.24. The molecule has 6 nitrogen and oxygen atoms in total. The number of thiophene rings is 1. The Balaban J connectivity index is 1.72. The van der Waals surface area contributed by atoms with Crippen molar-refractivity contribution in [2.45, 2.75) is 13.8 Å². The molecule has 1 aromatic carbocycles. The quantitative estimate of drug-likeness (QED) is 0.811. The van der Waals surface area contributed by atoms with Crippen molar-refractivity contribution in [3.8, 4) is 5.75 Å². The van der Waals surface area contributed by atoms with Crippen LogP contribution in [0.15, 0.2) is 35.7 Å². The predicted molar refractivity (Wildman–Crippen MR) is 89.2 cm³/mol. The SMILES string of the molecule is Cc1cc(C)cc(OCC(=O)OCC(=O)NC(=O)c2cccs2)c1. The molecule has 0 spiro atoms. The average molecular weight is 347 g/mol. The molecule has 0 fully saturated rings. The van der Waals surface area contributed by atoms with Crippen molar-refractivity contribution >= 4 is 29.1 Å². The molecule has 0 aliphatic heterocycles. The van der Waals surface area contributed by atoms with E-state index in [0.717, 1.165) is 11.1 Å². The molecule has 126 valence electrons. The van der Waals surface area contributed by atoms with E-state index in [2.05, 4.69) is 5.32 Å². The molecule has 0 radical (unpaired) electrons. The van der Waals surface area contributed by atoms with Gasteiger partial charge in [-0.25, -0.2) is 4.79 Å². The monoisotopic (exact) mass is 347 g/mol. The number of imide groups is 1. The molecular formula is C17H17NO5S. The highest BCUT2D eigenvalue weighted by Gasteiger charge is 2.13. The molecule has 0 unspecified atom stereocenters. The number of amides is 2. The van der Waals surface area contributed by atoms with Crippen molar-refractivity contribution in [2.75, 3.05) is 13.2 Å². The van der Waals surface area contributed by atoms with E-state index in [1.54, 1.807) is 29.6 Å². The molecule has 2 rings (SSSR count). The van der Waals surface area contributed by atoms with Crippen LogP contribution in [0.4, 0.5) is 0 Å². The maximum Gasteiger partial charge on any atom is 0.344 e. The highest BCUT2D eigenvalue weighted by Crippen LogP contribution is 2.16. The van der Waals surface area contributed by atoms with Crippen molar-refractivity contribution in [1.29, 1.82) is 0 Å². The summed E-state index contributed by atoms with van der Waals surface area (Å²) in [6, 6.07) is 8.88. The molecule has 0 atom stereocenters. The molecule has 1 N–H and O–H groups in total. The number of aryl methyl sites for hydroxylation is 2. The lowest BCUT2D eigenvalue weighted by molar-refractivity contribution is -0.150. The Hall–Kier alpha value is -2.67. The lowest BCUT2D eigenvalue weighted by atomic mass is 10.1. The van der Waals surface area contributed by atoms with Gasteiger partial charge in [0.25, 0.3) is 11.8 Å². The summed E-state index contributed by atoms with van der Waals surface area (Å²) in [7, 11) is 0. The van der Waals surface area contributed by atoms with Crippen LogP contribution in [0, 0.1) is 13.8 Å². The molecule has 0 saturated heterocycles. The number of carbonyl (C=O) groups excluding carboxylic acids is 3. The van der Waals surface area contributed by atoms with Gasteiger partial charge in [-0.05, 0) is 48.6 Å². The highest BCUT2D eigenvalue weighted by molar-refractivity contribution is 7.12. The van der Waals surface area contributed by atoms with Gasteiger partial charge in [-0.15, -0.1) is 11.3 Å². The van der Waals surface area contributed by atoms with Gasteiger partial charge in [-0.1, -0.05) is 12.1 Å². The largest absolute Gasteiger partial charge is 0.482 e. The fourth-order valence-corrected chi connectivity index (χ4v) is 2.60. The fourth-order valence-electron chi connectivity index (χ4n) is 1.98. The Bertz CT molecular complexity index is 719. The van der Waals surface area contributed by atoms with Crippen molar-refractivity contribution in [3.05, 3.63) is 51.7 Å². The molecule has 2 aromatic rings. The van der Waals surface area contributed by atoms with Gasteiger partial charge in [0.2, 0.25) is 0 Å². The minimum absolute atomic E-state index is 0.310. The molecule has 0 bridgehead atoms. The van der Waals surface area contributed by atoms with Crippen LogP contribution in [-0.2, 0) is 14.3 Å². The van der Waals surface area contributed by atoms with E-state index >= 15 is 0 Å². The van der Waals surface area contributed by atoms with E-state index in [4.69, 9.17) is 9.47 Å². The van der Waals surface area contributed by atoms with Gasteiger partial charge < -0.3 is 9.47 Å². The number of ether oxygens (including phenoxy) is 2. The number of hydrogen-bond donors (Lipinski definition) is 1. The topological polar surface area (TPSA) is 81.7 Å². The molecule has 0 saturated carbocycles. The Labute approximate surface area is 143 Å². The van der Waals surface area contributed by atoms with Gasteiger partial charge in [-0.3, -0.25) is 14.9 Å². The number of rotatable bonds is 6. The maximum atomic E-state index is 11.6. The van der Waals surface area contributed by atoms with E-state index in [1.807, 2.05) is 19.9 Å². The summed E-state index contributed by atoms with van der Waals surface area (Å²) in [6.07, 6.45) is 0. The first-order valence-electron chi connectivity index (χ1n) is 7.18. The molecule has 7 heteroatoms. The van der Waals surface area contributed by atoms with Crippen LogP contribution < -0.4 is 10.1 Å². The van der Waals surface area contributed by atoms with Gasteiger partial charge in [0, 0.05) is 0 Å². The number of hydrogen-bond acceptors (Lipinski definition) is 6. The lowest BCUT2D eigenvalue weighted by Gasteiger charge is -2.08. The van der Waals surface area contributed by atoms with Crippen LogP contribution in [0.5, 0.6) is 5.75 Å². The molecule has 0 aliphatic rings. The van der Waals surface area contributed by atoms with Crippen molar-refractivity contribution < 1.29 is 23.9 Å². The normalized spacial score (nSPS) is 10.1. The van der Waals surface area contributed by atoms with Crippen LogP contribution in [0.3, 0.4) is 0 Å². The van der Waals surface area contributed by atoms with Gasteiger partial charge >= 0.3 is 5.97 Å². The van der Waals surface area contributed by atoms with Gasteiger partial charge in [0.05, 0.1) is 4.88 Å². The first-order chi connectivity index (χ1) is 11.4. The van der Waals surface area contributed by atoms with E-state index in [-0.39, 0.29) is 6.61 Å². The molecule has 24 heavy (non-hydrogen) atoms. The van der Waals surface area contributed by atoms with Gasteiger partial charge in [0.1, 0.15) is 5.75 Å². The van der Waals surface area contributed by atoms with E-state index in [9.17, 15) is 14.4 Å². The van der Waals surface area contributed by atoms with Crippen LogP contribution in [0.25, 0.3) is 0 Å². The fraction of sp³-hybridized carbons (Fsp3) is 0.235. The average Bonchev–Trinajstić information content (AvgIpc) is 3.04. The van der Waals surface area contributed by atoms with Gasteiger partial charge in [-0.2, -0.15) is 0 Å². The third-order valence-corrected chi connectivity index (χ3v) is 3.78. The third kappa shape index (κ3) is 5.51. The summed E-state index contributed by atoms with van der Waals surface area (Å²) in [5.41, 5.74) is 2.04. The van der Waals surface area contributed by atoms with Crippen molar-refractivity contribution in [2.24, 2.45) is 0 Å². The van der Waals surface area contributed by atoms with E-state index in [0.29, 0.717) is 10.6 Å². The maximum absolute atomic E-state index is 11.6. The van der Waals surface area contributed by atoms with Crippen LogP contribution in [-0.4, -0.2) is 31.0 Å². The number of carbonyl (C=O) groups is 3. The molecule has 0 aliphatic carbocycles. The minimum Gasteiger partial charge on any atom is -0.482 e. The Kier molecular flexibility index (Phi) is 6.08. The van der Waals surface area contributed by atoms with Crippen LogP contribution >= 0.6 is 11.3 Å². The van der Waals surface area contributed by atoms with Crippen LogP contribution in [0.1, 0.15) is 20.8 Å². The second kappa shape index (κ2) is 8.26. The zero-order chi connectivity index (χ0) is 17.5. The summed E-state index contributed by atoms with van der Waals surface area (Å²) >= 11 is 1.21. The van der Waals surface area contributed by atoms with Crippen molar-refractivity contribution in [3.63, 3.8) is 0 Å².